The molecule has 1 amide bonds. The van der Waals surface area contributed by atoms with Crippen molar-refractivity contribution in [2.45, 2.75) is 38.8 Å². The van der Waals surface area contributed by atoms with Crippen LogP contribution in [0.2, 0.25) is 0 Å². The monoisotopic (exact) mass is 332 g/mol. The van der Waals surface area contributed by atoms with E-state index in [9.17, 15) is 4.79 Å². The quantitative estimate of drug-likeness (QED) is 0.808. The number of hydrogen-bond acceptors (Lipinski definition) is 2. The maximum Gasteiger partial charge on any atom is 0.248 e. The van der Waals surface area contributed by atoms with Gasteiger partial charge in [0.2, 0.25) is 5.91 Å². The summed E-state index contributed by atoms with van der Waals surface area (Å²) in [4.78, 5) is 11.0. The van der Waals surface area contributed by atoms with Gasteiger partial charge in [-0.05, 0) is 49.9 Å². The fourth-order valence-corrected chi connectivity index (χ4v) is 2.57. The highest BCUT2D eigenvalue weighted by molar-refractivity contribution is 5.92. The Bertz CT molecular complexity index is 599. The van der Waals surface area contributed by atoms with Gasteiger partial charge in [0.15, 0.2) is 0 Å². The minimum Gasteiger partial charge on any atom is -0.366 e. The standard InChI is InChI=1S/C19H24N2O.ClH/c1-14(21-15(2)17-6-4-3-5-7-17)8-9-16-10-12-18(13-11-16)19(20)22;/h3-7,10-15,21H,8-9H2,1-2H3,(H2,20,22);1H/t14-,15?;/m1./s1. The number of hydrogen-bond donors (Lipinski definition) is 2. The van der Waals surface area contributed by atoms with Crippen LogP contribution in [0.4, 0.5) is 0 Å². The van der Waals surface area contributed by atoms with Gasteiger partial charge in [0.1, 0.15) is 0 Å². The fraction of sp³-hybridized carbons (Fsp3) is 0.316. The summed E-state index contributed by atoms with van der Waals surface area (Å²) >= 11 is 0. The lowest BCUT2D eigenvalue weighted by Crippen LogP contribution is -2.29. The first kappa shape index (κ1) is 19.2. The molecule has 0 saturated carbocycles. The summed E-state index contributed by atoms with van der Waals surface area (Å²) in [5.74, 6) is -0.377. The molecule has 3 nitrogen and oxygen atoms in total. The molecule has 0 heterocycles. The lowest BCUT2D eigenvalue weighted by molar-refractivity contribution is 0.100. The van der Waals surface area contributed by atoms with Crippen LogP contribution >= 0.6 is 12.4 Å². The van der Waals surface area contributed by atoms with E-state index in [1.54, 1.807) is 12.1 Å². The van der Waals surface area contributed by atoms with Crippen LogP contribution in [-0.2, 0) is 6.42 Å². The highest BCUT2D eigenvalue weighted by Crippen LogP contribution is 2.14. The Balaban J connectivity index is 0.00000264. The molecule has 23 heavy (non-hydrogen) atoms. The van der Waals surface area contributed by atoms with Crippen LogP contribution in [0.5, 0.6) is 0 Å². The van der Waals surface area contributed by atoms with Gasteiger partial charge in [-0.15, -0.1) is 12.4 Å². The van der Waals surface area contributed by atoms with Crippen molar-refractivity contribution in [1.82, 2.24) is 5.32 Å². The summed E-state index contributed by atoms with van der Waals surface area (Å²) in [6.45, 7) is 4.39. The molecule has 0 spiro atoms. The Hall–Kier alpha value is -1.84. The minimum atomic E-state index is -0.377. The summed E-state index contributed by atoms with van der Waals surface area (Å²) in [6.07, 6.45) is 2.03. The molecule has 124 valence electrons. The molecule has 0 aromatic heterocycles. The third-order valence-corrected chi connectivity index (χ3v) is 3.94. The first-order valence-electron chi connectivity index (χ1n) is 7.76. The zero-order valence-electron chi connectivity index (χ0n) is 13.7. The molecule has 0 bridgehead atoms. The zero-order valence-corrected chi connectivity index (χ0v) is 14.5. The Kier molecular flexibility index (Phi) is 7.79. The summed E-state index contributed by atoms with van der Waals surface area (Å²) in [5.41, 5.74) is 8.34. The smallest absolute Gasteiger partial charge is 0.248 e. The van der Waals surface area contributed by atoms with Crippen molar-refractivity contribution >= 4 is 18.3 Å². The van der Waals surface area contributed by atoms with Gasteiger partial charge >= 0.3 is 0 Å². The summed E-state index contributed by atoms with van der Waals surface area (Å²) in [6, 6.07) is 18.8. The molecule has 0 aliphatic heterocycles. The lowest BCUT2D eigenvalue weighted by atomic mass is 10.0. The number of carbonyl (C=O) groups is 1. The molecule has 0 aliphatic carbocycles. The number of nitrogens with one attached hydrogen (secondary N) is 1. The Labute approximate surface area is 144 Å². The molecule has 2 rings (SSSR count). The van der Waals surface area contributed by atoms with Crippen LogP contribution < -0.4 is 11.1 Å². The van der Waals surface area contributed by atoms with Gasteiger partial charge in [0, 0.05) is 17.6 Å². The molecule has 1 unspecified atom stereocenters. The minimum absolute atomic E-state index is 0. The van der Waals surface area contributed by atoms with E-state index in [1.165, 1.54) is 11.1 Å². The van der Waals surface area contributed by atoms with E-state index in [1.807, 2.05) is 18.2 Å². The van der Waals surface area contributed by atoms with Crippen molar-refractivity contribution in [3.8, 4) is 0 Å². The van der Waals surface area contributed by atoms with E-state index in [4.69, 9.17) is 5.73 Å². The first-order chi connectivity index (χ1) is 10.6. The van der Waals surface area contributed by atoms with Crippen molar-refractivity contribution in [3.05, 3.63) is 71.3 Å². The molecule has 0 fully saturated rings. The number of primary amides is 1. The molecular formula is C19H25ClN2O. The molecule has 4 heteroatoms. The molecule has 0 saturated heterocycles. The van der Waals surface area contributed by atoms with Gasteiger partial charge in [0.25, 0.3) is 0 Å². The molecule has 0 aliphatic rings. The van der Waals surface area contributed by atoms with E-state index < -0.39 is 0 Å². The first-order valence-corrected chi connectivity index (χ1v) is 7.76. The Morgan fingerprint density at radius 3 is 2.22 bits per heavy atom. The van der Waals surface area contributed by atoms with Gasteiger partial charge in [-0.3, -0.25) is 4.79 Å². The van der Waals surface area contributed by atoms with Gasteiger partial charge in [-0.2, -0.15) is 0 Å². The van der Waals surface area contributed by atoms with E-state index in [-0.39, 0.29) is 18.3 Å². The van der Waals surface area contributed by atoms with Crippen molar-refractivity contribution in [2.24, 2.45) is 5.73 Å². The number of carbonyl (C=O) groups excluding carboxylic acids is 1. The van der Waals surface area contributed by atoms with Crippen LogP contribution in [0.25, 0.3) is 0 Å². The lowest BCUT2D eigenvalue weighted by Gasteiger charge is -2.20. The maximum absolute atomic E-state index is 11.0. The van der Waals surface area contributed by atoms with Gasteiger partial charge in [-0.1, -0.05) is 42.5 Å². The van der Waals surface area contributed by atoms with Crippen LogP contribution in [-0.4, -0.2) is 11.9 Å². The number of nitrogens with two attached hydrogens (primary N) is 1. The van der Waals surface area contributed by atoms with Gasteiger partial charge < -0.3 is 11.1 Å². The predicted molar refractivity (Wildman–Crippen MR) is 98.0 cm³/mol. The second-order valence-corrected chi connectivity index (χ2v) is 5.80. The Morgan fingerprint density at radius 1 is 1.04 bits per heavy atom. The summed E-state index contributed by atoms with van der Waals surface area (Å²) in [5, 5.41) is 3.62. The highest BCUT2D eigenvalue weighted by atomic mass is 35.5. The summed E-state index contributed by atoms with van der Waals surface area (Å²) in [7, 11) is 0. The van der Waals surface area contributed by atoms with Gasteiger partial charge in [-0.25, -0.2) is 0 Å². The molecule has 2 aromatic rings. The molecule has 3 N–H and O–H groups in total. The Morgan fingerprint density at radius 2 is 1.65 bits per heavy atom. The number of benzene rings is 2. The number of amides is 1. The highest BCUT2D eigenvalue weighted by Gasteiger charge is 2.09. The van der Waals surface area contributed by atoms with E-state index >= 15 is 0 Å². The topological polar surface area (TPSA) is 55.1 Å². The largest absolute Gasteiger partial charge is 0.366 e. The van der Waals surface area contributed by atoms with Crippen LogP contribution in [0.3, 0.4) is 0 Å². The molecule has 0 radical (unpaired) electrons. The fourth-order valence-electron chi connectivity index (χ4n) is 2.57. The normalized spacial score (nSPS) is 13.0. The average molecular weight is 333 g/mol. The third kappa shape index (κ3) is 6.05. The van der Waals surface area contributed by atoms with Crippen molar-refractivity contribution < 1.29 is 4.79 Å². The molecule has 2 atom stereocenters. The second-order valence-electron chi connectivity index (χ2n) is 5.80. The predicted octanol–water partition coefficient (Wildman–Crippen LogP) is 3.88. The molecular weight excluding hydrogens is 308 g/mol. The van der Waals surface area contributed by atoms with E-state index in [0.717, 1.165) is 12.8 Å². The van der Waals surface area contributed by atoms with Crippen LogP contribution in [0, 0.1) is 0 Å². The van der Waals surface area contributed by atoms with Crippen molar-refractivity contribution in [2.75, 3.05) is 0 Å². The third-order valence-electron chi connectivity index (χ3n) is 3.94. The van der Waals surface area contributed by atoms with Crippen molar-refractivity contribution in [1.29, 1.82) is 0 Å². The molecule has 2 aromatic carbocycles. The zero-order chi connectivity index (χ0) is 15.9. The van der Waals surface area contributed by atoms with Crippen LogP contribution in [0.1, 0.15) is 47.8 Å². The number of aryl methyl sites for hydroxylation is 1. The number of rotatable bonds is 7. The number of halogens is 1. The van der Waals surface area contributed by atoms with E-state index in [0.29, 0.717) is 17.6 Å². The maximum atomic E-state index is 11.0. The average Bonchev–Trinajstić information content (AvgIpc) is 2.54. The second kappa shape index (κ2) is 9.33. The van der Waals surface area contributed by atoms with Crippen LogP contribution in [0.15, 0.2) is 54.6 Å². The summed E-state index contributed by atoms with van der Waals surface area (Å²) < 4.78 is 0. The van der Waals surface area contributed by atoms with E-state index in [2.05, 4.69) is 43.4 Å². The SMILES string of the molecule is CC(N[C@H](C)CCc1ccc(C(N)=O)cc1)c1ccccc1.Cl. The van der Waals surface area contributed by atoms with Gasteiger partial charge in [0.05, 0.1) is 0 Å². The van der Waals surface area contributed by atoms with Crippen molar-refractivity contribution in [3.63, 3.8) is 0 Å².